The molecule has 1 heterocycles. The van der Waals surface area contributed by atoms with Crippen LogP contribution in [0.5, 0.6) is 0 Å². The molecule has 2 unspecified atom stereocenters. The highest BCUT2D eigenvalue weighted by Gasteiger charge is 2.34. The summed E-state index contributed by atoms with van der Waals surface area (Å²) in [5.41, 5.74) is 0. The van der Waals surface area contributed by atoms with E-state index in [2.05, 4.69) is 18.9 Å². The van der Waals surface area contributed by atoms with E-state index in [1.807, 2.05) is 0 Å². The minimum Gasteiger partial charge on any atom is -0.298 e. The van der Waals surface area contributed by atoms with Gasteiger partial charge in [0.05, 0.1) is 6.04 Å². The van der Waals surface area contributed by atoms with Gasteiger partial charge in [-0.3, -0.25) is 9.69 Å². The van der Waals surface area contributed by atoms with Crippen LogP contribution in [0, 0.1) is 5.92 Å². The lowest BCUT2D eigenvalue weighted by Gasteiger charge is -2.22. The van der Waals surface area contributed by atoms with Gasteiger partial charge in [0, 0.05) is 0 Å². The van der Waals surface area contributed by atoms with Crippen molar-refractivity contribution in [3.05, 3.63) is 0 Å². The standard InChI is InChI=1S/C12H23NO/c1-4-5-6-7-11-8-9-13(3)12(11)10(2)14/h11-12H,4-9H2,1-3H3. The predicted octanol–water partition coefficient (Wildman–Crippen LogP) is 2.48. The van der Waals surface area contributed by atoms with Gasteiger partial charge in [-0.05, 0) is 39.3 Å². The summed E-state index contributed by atoms with van der Waals surface area (Å²) in [6.07, 6.45) is 6.32. The molecule has 0 N–H and O–H groups in total. The summed E-state index contributed by atoms with van der Waals surface area (Å²) in [4.78, 5) is 13.7. The van der Waals surface area contributed by atoms with E-state index in [1.165, 1.54) is 32.1 Å². The fourth-order valence-corrected chi connectivity index (χ4v) is 2.63. The molecule has 0 spiro atoms. The van der Waals surface area contributed by atoms with E-state index in [0.29, 0.717) is 11.7 Å². The SMILES string of the molecule is CCCCCC1CCN(C)C1C(C)=O. The predicted molar refractivity (Wildman–Crippen MR) is 59.3 cm³/mol. The Hall–Kier alpha value is -0.370. The van der Waals surface area contributed by atoms with Gasteiger partial charge in [0.2, 0.25) is 0 Å². The van der Waals surface area contributed by atoms with Gasteiger partial charge in [-0.25, -0.2) is 0 Å². The van der Waals surface area contributed by atoms with Crippen LogP contribution in [0.1, 0.15) is 46.0 Å². The van der Waals surface area contributed by atoms with Gasteiger partial charge in [0.1, 0.15) is 5.78 Å². The van der Waals surface area contributed by atoms with Crippen LogP contribution in [0.2, 0.25) is 0 Å². The van der Waals surface area contributed by atoms with Crippen LogP contribution in [0.25, 0.3) is 0 Å². The lowest BCUT2D eigenvalue weighted by molar-refractivity contribution is -0.121. The molecule has 0 aromatic heterocycles. The van der Waals surface area contributed by atoms with Gasteiger partial charge in [0.15, 0.2) is 0 Å². The number of Topliss-reactive ketones (excluding diaryl/α,β-unsaturated/α-hetero) is 1. The van der Waals surface area contributed by atoms with Crippen molar-refractivity contribution < 1.29 is 4.79 Å². The normalized spacial score (nSPS) is 28.2. The van der Waals surface area contributed by atoms with Crippen LogP contribution in [0.15, 0.2) is 0 Å². The molecule has 0 bridgehead atoms. The molecule has 1 saturated heterocycles. The first-order valence-electron chi connectivity index (χ1n) is 5.87. The maximum atomic E-state index is 11.5. The summed E-state index contributed by atoms with van der Waals surface area (Å²) >= 11 is 0. The fourth-order valence-electron chi connectivity index (χ4n) is 2.63. The molecule has 0 aromatic rings. The maximum absolute atomic E-state index is 11.5. The number of likely N-dealkylation sites (tertiary alicyclic amines) is 1. The molecule has 82 valence electrons. The van der Waals surface area contributed by atoms with Crippen molar-refractivity contribution in [2.75, 3.05) is 13.6 Å². The van der Waals surface area contributed by atoms with E-state index >= 15 is 0 Å². The third-order valence-electron chi connectivity index (χ3n) is 3.37. The molecule has 1 aliphatic rings. The van der Waals surface area contributed by atoms with Crippen molar-refractivity contribution in [1.29, 1.82) is 0 Å². The molecule has 2 atom stereocenters. The third kappa shape index (κ3) is 2.81. The number of rotatable bonds is 5. The molecular formula is C12H23NO. The van der Waals surface area contributed by atoms with Crippen LogP contribution < -0.4 is 0 Å². The molecule has 1 rings (SSSR count). The first kappa shape index (κ1) is 11.7. The number of unbranched alkanes of at least 4 members (excludes halogenated alkanes) is 2. The molecular weight excluding hydrogens is 174 g/mol. The molecule has 0 aliphatic carbocycles. The fraction of sp³-hybridized carbons (Fsp3) is 0.917. The summed E-state index contributed by atoms with van der Waals surface area (Å²) in [5, 5.41) is 0. The van der Waals surface area contributed by atoms with Gasteiger partial charge >= 0.3 is 0 Å². The zero-order valence-corrected chi connectivity index (χ0v) is 9.75. The highest BCUT2D eigenvalue weighted by atomic mass is 16.1. The van der Waals surface area contributed by atoms with Crippen molar-refractivity contribution in [2.24, 2.45) is 5.92 Å². The van der Waals surface area contributed by atoms with Crippen LogP contribution in [-0.4, -0.2) is 30.3 Å². The highest BCUT2D eigenvalue weighted by molar-refractivity contribution is 5.82. The largest absolute Gasteiger partial charge is 0.298 e. The van der Waals surface area contributed by atoms with Gasteiger partial charge in [-0.1, -0.05) is 26.2 Å². The van der Waals surface area contributed by atoms with Gasteiger partial charge in [0.25, 0.3) is 0 Å². The molecule has 0 amide bonds. The second kappa shape index (κ2) is 5.50. The number of likely N-dealkylation sites (N-methyl/N-ethyl adjacent to an activating group) is 1. The number of carbonyl (C=O) groups is 1. The monoisotopic (exact) mass is 197 g/mol. The van der Waals surface area contributed by atoms with Crippen molar-refractivity contribution >= 4 is 5.78 Å². The molecule has 0 saturated carbocycles. The number of hydrogen-bond donors (Lipinski definition) is 0. The summed E-state index contributed by atoms with van der Waals surface area (Å²) in [5.74, 6) is 0.982. The van der Waals surface area contributed by atoms with E-state index in [0.717, 1.165) is 6.54 Å². The average Bonchev–Trinajstić information content (AvgIpc) is 2.47. The summed E-state index contributed by atoms with van der Waals surface area (Å²) in [6.45, 7) is 5.06. The third-order valence-corrected chi connectivity index (χ3v) is 3.37. The number of nitrogens with zero attached hydrogens (tertiary/aromatic N) is 1. The zero-order chi connectivity index (χ0) is 10.6. The Morgan fingerprint density at radius 1 is 1.43 bits per heavy atom. The second-order valence-corrected chi connectivity index (χ2v) is 4.58. The molecule has 1 fully saturated rings. The second-order valence-electron chi connectivity index (χ2n) is 4.58. The van der Waals surface area contributed by atoms with Crippen LogP contribution in [0.3, 0.4) is 0 Å². The molecule has 2 nitrogen and oxygen atoms in total. The Balaban J connectivity index is 2.39. The topological polar surface area (TPSA) is 20.3 Å². The maximum Gasteiger partial charge on any atom is 0.147 e. The summed E-state index contributed by atoms with van der Waals surface area (Å²) in [6, 6.07) is 0.215. The summed E-state index contributed by atoms with van der Waals surface area (Å²) in [7, 11) is 2.08. The van der Waals surface area contributed by atoms with E-state index < -0.39 is 0 Å². The average molecular weight is 197 g/mol. The van der Waals surface area contributed by atoms with Crippen molar-refractivity contribution in [2.45, 2.75) is 52.0 Å². The highest BCUT2D eigenvalue weighted by Crippen LogP contribution is 2.28. The molecule has 1 aliphatic heterocycles. The lowest BCUT2D eigenvalue weighted by atomic mass is 9.92. The Bertz CT molecular complexity index is 191. The minimum absolute atomic E-state index is 0.215. The van der Waals surface area contributed by atoms with Gasteiger partial charge < -0.3 is 0 Å². The van der Waals surface area contributed by atoms with Crippen molar-refractivity contribution in [3.63, 3.8) is 0 Å². The van der Waals surface area contributed by atoms with Crippen molar-refractivity contribution in [1.82, 2.24) is 4.90 Å². The first-order chi connectivity index (χ1) is 6.66. The van der Waals surface area contributed by atoms with Crippen LogP contribution in [0.4, 0.5) is 0 Å². The molecule has 14 heavy (non-hydrogen) atoms. The molecule has 0 aromatic carbocycles. The van der Waals surface area contributed by atoms with Crippen molar-refractivity contribution in [3.8, 4) is 0 Å². The van der Waals surface area contributed by atoms with E-state index in [9.17, 15) is 4.79 Å². The Labute approximate surface area is 87.7 Å². The van der Waals surface area contributed by atoms with E-state index in [-0.39, 0.29) is 6.04 Å². The quantitative estimate of drug-likeness (QED) is 0.631. The number of ketones is 1. The minimum atomic E-state index is 0.215. The van der Waals surface area contributed by atoms with E-state index in [1.54, 1.807) is 6.92 Å². The smallest absolute Gasteiger partial charge is 0.147 e. The molecule has 2 heteroatoms. The zero-order valence-electron chi connectivity index (χ0n) is 9.75. The number of carbonyl (C=O) groups excluding carboxylic acids is 1. The first-order valence-corrected chi connectivity index (χ1v) is 5.87. The van der Waals surface area contributed by atoms with Gasteiger partial charge in [-0.2, -0.15) is 0 Å². The Morgan fingerprint density at radius 2 is 2.14 bits per heavy atom. The van der Waals surface area contributed by atoms with Crippen LogP contribution in [-0.2, 0) is 4.79 Å². The van der Waals surface area contributed by atoms with Crippen LogP contribution >= 0.6 is 0 Å². The summed E-state index contributed by atoms with van der Waals surface area (Å²) < 4.78 is 0. The van der Waals surface area contributed by atoms with Gasteiger partial charge in [-0.15, -0.1) is 0 Å². The Kier molecular flexibility index (Phi) is 4.59. The lowest BCUT2D eigenvalue weighted by Crippen LogP contribution is -2.35. The Morgan fingerprint density at radius 3 is 2.71 bits per heavy atom. The number of hydrogen-bond acceptors (Lipinski definition) is 2. The van der Waals surface area contributed by atoms with E-state index in [4.69, 9.17) is 0 Å². The molecule has 0 radical (unpaired) electrons.